The number of amides is 1. The summed E-state index contributed by atoms with van der Waals surface area (Å²) in [5.41, 5.74) is 2.61. The fourth-order valence-electron chi connectivity index (χ4n) is 3.59. The van der Waals surface area contributed by atoms with E-state index in [9.17, 15) is 13.2 Å². The average Bonchev–Trinajstić information content (AvgIpc) is 3.18. The highest BCUT2D eigenvalue weighted by Gasteiger charge is 2.27. The Morgan fingerprint density at radius 3 is 2.54 bits per heavy atom. The van der Waals surface area contributed by atoms with Crippen LogP contribution in [-0.4, -0.2) is 42.0 Å². The first kappa shape index (κ1) is 18.7. The lowest BCUT2D eigenvalue weighted by Crippen LogP contribution is -2.40. The minimum atomic E-state index is -2.99. The molecule has 4 heterocycles. The van der Waals surface area contributed by atoms with E-state index in [0.29, 0.717) is 40.9 Å². The Morgan fingerprint density at radius 2 is 1.89 bits per heavy atom. The highest BCUT2D eigenvalue weighted by atomic mass is 32.2. The van der Waals surface area contributed by atoms with Gasteiger partial charge in [-0.05, 0) is 45.7 Å². The predicted octanol–water partition coefficient (Wildman–Crippen LogP) is 2.72. The molecule has 8 nitrogen and oxygen atoms in total. The first-order chi connectivity index (χ1) is 13.2. The molecule has 1 saturated heterocycles. The van der Waals surface area contributed by atoms with Gasteiger partial charge in [-0.25, -0.2) is 13.4 Å². The van der Waals surface area contributed by atoms with Crippen LogP contribution in [0.4, 0.5) is 0 Å². The highest BCUT2D eigenvalue weighted by molar-refractivity contribution is 7.91. The van der Waals surface area contributed by atoms with E-state index in [1.165, 1.54) is 0 Å². The fourth-order valence-corrected chi connectivity index (χ4v) is 5.09. The molecule has 148 valence electrons. The van der Waals surface area contributed by atoms with Crippen molar-refractivity contribution in [3.05, 3.63) is 34.9 Å². The number of nitrogens with zero attached hydrogens (tertiary/aromatic N) is 2. The number of rotatable bonds is 3. The van der Waals surface area contributed by atoms with E-state index < -0.39 is 9.84 Å². The maximum atomic E-state index is 13.0. The predicted molar refractivity (Wildman–Crippen MR) is 103 cm³/mol. The van der Waals surface area contributed by atoms with Gasteiger partial charge in [0.05, 0.1) is 33.8 Å². The number of carbonyl (C=O) groups excluding carboxylic acids is 1. The minimum Gasteiger partial charge on any atom is -0.466 e. The van der Waals surface area contributed by atoms with Crippen LogP contribution in [0.25, 0.3) is 22.4 Å². The lowest BCUT2D eigenvalue weighted by atomic mass is 10.0. The molecule has 9 heteroatoms. The molecule has 0 saturated carbocycles. The Balaban J connectivity index is 1.72. The Morgan fingerprint density at radius 1 is 1.18 bits per heavy atom. The van der Waals surface area contributed by atoms with Gasteiger partial charge in [-0.1, -0.05) is 5.16 Å². The van der Waals surface area contributed by atoms with E-state index in [-0.39, 0.29) is 29.2 Å². The van der Waals surface area contributed by atoms with E-state index in [4.69, 9.17) is 8.94 Å². The van der Waals surface area contributed by atoms with E-state index in [2.05, 4.69) is 15.5 Å². The Hall–Kier alpha value is -2.68. The number of hydrogen-bond acceptors (Lipinski definition) is 7. The molecule has 0 radical (unpaired) electrons. The number of aryl methyl sites for hydroxylation is 3. The van der Waals surface area contributed by atoms with Crippen molar-refractivity contribution in [2.24, 2.45) is 0 Å². The monoisotopic (exact) mass is 403 g/mol. The molecule has 1 aliphatic rings. The molecule has 1 fully saturated rings. The molecule has 0 aliphatic carbocycles. The van der Waals surface area contributed by atoms with Crippen LogP contribution >= 0.6 is 0 Å². The summed E-state index contributed by atoms with van der Waals surface area (Å²) in [5.74, 6) is 1.34. The smallest absolute Gasteiger partial charge is 0.259 e. The van der Waals surface area contributed by atoms with Crippen molar-refractivity contribution in [2.75, 3.05) is 11.5 Å². The summed E-state index contributed by atoms with van der Waals surface area (Å²) in [6.07, 6.45) is 0.829. The zero-order valence-corrected chi connectivity index (χ0v) is 16.7. The largest absolute Gasteiger partial charge is 0.466 e. The van der Waals surface area contributed by atoms with Gasteiger partial charge in [-0.3, -0.25) is 4.79 Å². The maximum absolute atomic E-state index is 13.0. The summed E-state index contributed by atoms with van der Waals surface area (Å²) >= 11 is 0. The molecule has 1 N–H and O–H groups in total. The van der Waals surface area contributed by atoms with Gasteiger partial charge < -0.3 is 14.3 Å². The van der Waals surface area contributed by atoms with Crippen molar-refractivity contribution < 1.29 is 22.2 Å². The van der Waals surface area contributed by atoms with Crippen LogP contribution in [0.3, 0.4) is 0 Å². The van der Waals surface area contributed by atoms with Crippen LogP contribution < -0.4 is 5.32 Å². The summed E-state index contributed by atoms with van der Waals surface area (Å²) in [6.45, 7) is 5.44. The third-order valence-electron chi connectivity index (χ3n) is 5.07. The quantitative estimate of drug-likeness (QED) is 0.715. The van der Waals surface area contributed by atoms with Crippen LogP contribution in [0.5, 0.6) is 0 Å². The van der Waals surface area contributed by atoms with Gasteiger partial charge in [0.25, 0.3) is 11.6 Å². The lowest BCUT2D eigenvalue weighted by Gasteiger charge is -2.23. The number of pyridine rings is 1. The minimum absolute atomic E-state index is 0.0920. The van der Waals surface area contributed by atoms with Gasteiger partial charge in [0.1, 0.15) is 21.4 Å². The van der Waals surface area contributed by atoms with Gasteiger partial charge in [0.15, 0.2) is 0 Å². The molecule has 0 unspecified atom stereocenters. The van der Waals surface area contributed by atoms with Crippen molar-refractivity contribution in [1.82, 2.24) is 15.5 Å². The van der Waals surface area contributed by atoms with E-state index in [1.54, 1.807) is 13.0 Å². The molecule has 0 aromatic carbocycles. The molecule has 3 aromatic heterocycles. The summed E-state index contributed by atoms with van der Waals surface area (Å²) in [4.78, 5) is 17.5. The molecule has 0 spiro atoms. The topological polar surface area (TPSA) is 115 Å². The number of fused-ring (bicyclic) bond motifs is 1. The zero-order valence-electron chi connectivity index (χ0n) is 15.9. The third-order valence-corrected chi connectivity index (χ3v) is 6.78. The van der Waals surface area contributed by atoms with Gasteiger partial charge in [0, 0.05) is 11.6 Å². The summed E-state index contributed by atoms with van der Waals surface area (Å²) in [5, 5.41) is 7.46. The van der Waals surface area contributed by atoms with Gasteiger partial charge in [0.2, 0.25) is 0 Å². The first-order valence-electron chi connectivity index (χ1n) is 9.09. The number of aromatic nitrogens is 2. The second-order valence-corrected chi connectivity index (χ2v) is 9.53. The molecule has 3 aromatic rings. The van der Waals surface area contributed by atoms with Crippen LogP contribution in [-0.2, 0) is 9.84 Å². The van der Waals surface area contributed by atoms with E-state index in [1.807, 2.05) is 19.9 Å². The van der Waals surface area contributed by atoms with Crippen molar-refractivity contribution in [2.45, 2.75) is 39.7 Å². The number of hydrogen-bond donors (Lipinski definition) is 1. The molecule has 0 atom stereocenters. The van der Waals surface area contributed by atoms with Crippen molar-refractivity contribution in [3.63, 3.8) is 0 Å². The first-order valence-corrected chi connectivity index (χ1v) is 10.9. The Labute approximate surface area is 162 Å². The average molecular weight is 403 g/mol. The van der Waals surface area contributed by atoms with Gasteiger partial charge in [-0.15, -0.1) is 0 Å². The van der Waals surface area contributed by atoms with Crippen molar-refractivity contribution >= 4 is 26.8 Å². The summed E-state index contributed by atoms with van der Waals surface area (Å²) < 4.78 is 34.1. The van der Waals surface area contributed by atoms with E-state index in [0.717, 1.165) is 11.3 Å². The molecule has 0 bridgehead atoms. The number of sulfone groups is 1. The zero-order chi connectivity index (χ0) is 20.1. The Bertz CT molecular complexity index is 1160. The van der Waals surface area contributed by atoms with Crippen molar-refractivity contribution in [1.29, 1.82) is 0 Å². The van der Waals surface area contributed by atoms with E-state index >= 15 is 0 Å². The maximum Gasteiger partial charge on any atom is 0.259 e. The number of nitrogens with one attached hydrogen (secondary N) is 1. The second-order valence-electron chi connectivity index (χ2n) is 7.23. The molecule has 1 amide bonds. The highest BCUT2D eigenvalue weighted by Crippen LogP contribution is 2.30. The molecular formula is C19H21N3O5S. The Kier molecular flexibility index (Phi) is 4.49. The fraction of sp³-hybridized carbons (Fsp3) is 0.421. The summed E-state index contributed by atoms with van der Waals surface area (Å²) in [7, 11) is -2.99. The van der Waals surface area contributed by atoms with Gasteiger partial charge >= 0.3 is 0 Å². The van der Waals surface area contributed by atoms with Crippen LogP contribution in [0, 0.1) is 20.8 Å². The molecular weight excluding hydrogens is 382 g/mol. The van der Waals surface area contributed by atoms with Crippen LogP contribution in [0.15, 0.2) is 21.1 Å². The van der Waals surface area contributed by atoms with Crippen LogP contribution in [0.1, 0.15) is 40.4 Å². The second kappa shape index (κ2) is 6.73. The SMILES string of the molecule is Cc1cc(-c2cc(C(=O)NC3CCS(=O)(=O)CC3)c3c(C)noc3n2)c(C)o1. The number of carbonyl (C=O) groups is 1. The lowest BCUT2D eigenvalue weighted by molar-refractivity contribution is 0.0936. The third kappa shape index (κ3) is 3.42. The molecule has 4 rings (SSSR count). The van der Waals surface area contributed by atoms with Gasteiger partial charge in [-0.2, -0.15) is 0 Å². The standard InChI is InChI=1S/C19H21N3O5S/c1-10-8-14(12(3)26-10)16-9-15(17-11(2)22-27-19(17)21-16)18(23)20-13-4-6-28(24,25)7-5-13/h8-9,13H,4-7H2,1-3H3,(H,20,23). The molecule has 1 aliphatic heterocycles. The summed E-state index contributed by atoms with van der Waals surface area (Å²) in [6, 6.07) is 3.39. The number of furan rings is 1. The van der Waals surface area contributed by atoms with Crippen molar-refractivity contribution in [3.8, 4) is 11.3 Å². The normalized spacial score (nSPS) is 17.1. The van der Waals surface area contributed by atoms with Crippen LogP contribution in [0.2, 0.25) is 0 Å². The molecule has 28 heavy (non-hydrogen) atoms.